The lowest BCUT2D eigenvalue weighted by molar-refractivity contribution is 0.0972. The lowest BCUT2D eigenvalue weighted by atomic mass is 10.1. The van der Waals surface area contributed by atoms with Crippen molar-refractivity contribution >= 4 is 27.8 Å². The normalized spacial score (nSPS) is 22.5. The van der Waals surface area contributed by atoms with Crippen molar-refractivity contribution in [1.29, 1.82) is 5.26 Å². The summed E-state index contributed by atoms with van der Waals surface area (Å²) in [4.78, 5) is 14.6. The van der Waals surface area contributed by atoms with Crippen molar-refractivity contribution in [2.75, 3.05) is 23.7 Å². The molecule has 3 rings (SSSR count). The number of nitrogens with two attached hydrogens (primary N) is 1. The molecular formula is C13H15N3O2S. The van der Waals surface area contributed by atoms with Crippen molar-refractivity contribution < 1.29 is 9.90 Å². The highest BCUT2D eigenvalue weighted by Gasteiger charge is 2.35. The van der Waals surface area contributed by atoms with Gasteiger partial charge in [0.1, 0.15) is 16.6 Å². The van der Waals surface area contributed by atoms with Crippen LogP contribution in [0.15, 0.2) is 0 Å². The van der Waals surface area contributed by atoms with Crippen molar-refractivity contribution in [3.05, 3.63) is 10.4 Å². The van der Waals surface area contributed by atoms with Crippen LogP contribution >= 0.6 is 11.3 Å². The predicted molar refractivity (Wildman–Crippen MR) is 73.3 cm³/mol. The van der Waals surface area contributed by atoms with Crippen LogP contribution in [0.25, 0.3) is 0 Å². The van der Waals surface area contributed by atoms with Crippen LogP contribution in [-0.2, 0) is 0 Å². The Balaban J connectivity index is 1.97. The van der Waals surface area contributed by atoms with Crippen LogP contribution in [0.5, 0.6) is 0 Å². The molecule has 0 radical (unpaired) electrons. The fourth-order valence-corrected chi connectivity index (χ4v) is 3.63. The number of rotatable bonds is 3. The van der Waals surface area contributed by atoms with E-state index in [4.69, 9.17) is 5.73 Å². The lowest BCUT2D eigenvalue weighted by Crippen LogP contribution is -2.20. The zero-order valence-electron chi connectivity index (χ0n) is 10.4. The molecule has 1 aromatic heterocycles. The summed E-state index contributed by atoms with van der Waals surface area (Å²) in [6.45, 7) is 1.21. The third-order valence-electron chi connectivity index (χ3n) is 3.66. The Morgan fingerprint density at radius 3 is 2.74 bits per heavy atom. The SMILES string of the molecule is N#Cc1c(N2CCC(O)C2)sc(C(=O)C2CC2)c1N. The number of Topliss-reactive ketones (excluding diaryl/α,β-unsaturated/α-hetero) is 1. The quantitative estimate of drug-likeness (QED) is 0.814. The number of hydrogen-bond acceptors (Lipinski definition) is 6. The highest BCUT2D eigenvalue weighted by atomic mass is 32.1. The van der Waals surface area contributed by atoms with Gasteiger partial charge in [-0.1, -0.05) is 0 Å². The number of aliphatic hydroxyl groups is 1. The molecule has 0 bridgehead atoms. The first-order valence-electron chi connectivity index (χ1n) is 6.41. The standard InChI is InChI=1S/C13H15N3O2S/c14-5-9-10(15)12(11(18)7-1-2-7)19-13(9)16-4-3-8(17)6-16/h7-8,17H,1-4,6,15H2. The molecular weight excluding hydrogens is 262 g/mol. The second-order valence-corrected chi connectivity index (χ2v) is 6.16. The summed E-state index contributed by atoms with van der Waals surface area (Å²) >= 11 is 1.30. The summed E-state index contributed by atoms with van der Waals surface area (Å²) in [5.74, 6) is 0.175. The van der Waals surface area contributed by atoms with Gasteiger partial charge < -0.3 is 15.7 Å². The molecule has 2 aliphatic rings. The molecule has 2 heterocycles. The van der Waals surface area contributed by atoms with Gasteiger partial charge in [0.05, 0.1) is 16.7 Å². The van der Waals surface area contributed by atoms with Crippen LogP contribution < -0.4 is 10.6 Å². The van der Waals surface area contributed by atoms with Crippen molar-refractivity contribution in [1.82, 2.24) is 0 Å². The van der Waals surface area contributed by atoms with Crippen molar-refractivity contribution in [3.63, 3.8) is 0 Å². The van der Waals surface area contributed by atoms with E-state index in [9.17, 15) is 15.2 Å². The highest BCUT2D eigenvalue weighted by Crippen LogP contribution is 2.43. The number of aliphatic hydroxyl groups excluding tert-OH is 1. The number of anilines is 2. The summed E-state index contributed by atoms with van der Waals surface area (Å²) in [7, 11) is 0. The zero-order chi connectivity index (χ0) is 13.6. The molecule has 1 aliphatic carbocycles. The molecule has 3 N–H and O–H groups in total. The van der Waals surface area contributed by atoms with E-state index < -0.39 is 0 Å². The van der Waals surface area contributed by atoms with Crippen molar-refractivity contribution in [2.24, 2.45) is 5.92 Å². The first kappa shape index (κ1) is 12.5. The summed E-state index contributed by atoms with van der Waals surface area (Å²) in [5, 5.41) is 19.6. The van der Waals surface area contributed by atoms with E-state index in [0.717, 1.165) is 17.8 Å². The molecule has 2 fully saturated rings. The molecule has 1 aromatic rings. The molecule has 0 spiro atoms. The number of nitrogens with zero attached hydrogens (tertiary/aromatic N) is 2. The minimum absolute atomic E-state index is 0.0741. The minimum Gasteiger partial charge on any atom is -0.396 e. The van der Waals surface area contributed by atoms with Crippen LogP contribution in [0, 0.1) is 17.2 Å². The van der Waals surface area contributed by atoms with Crippen molar-refractivity contribution in [2.45, 2.75) is 25.4 Å². The Morgan fingerprint density at radius 2 is 2.21 bits per heavy atom. The molecule has 1 unspecified atom stereocenters. The summed E-state index contributed by atoms with van der Waals surface area (Å²) in [6.07, 6.45) is 2.18. The Hall–Kier alpha value is -1.58. The average molecular weight is 277 g/mol. The fraction of sp³-hybridized carbons (Fsp3) is 0.538. The van der Waals surface area contributed by atoms with E-state index in [2.05, 4.69) is 6.07 Å². The van der Waals surface area contributed by atoms with Gasteiger partial charge in [0.2, 0.25) is 0 Å². The topological polar surface area (TPSA) is 90.4 Å². The van der Waals surface area contributed by atoms with E-state index in [1.165, 1.54) is 11.3 Å². The predicted octanol–water partition coefficient (Wildman–Crippen LogP) is 1.37. The van der Waals surface area contributed by atoms with Gasteiger partial charge in [-0.15, -0.1) is 11.3 Å². The molecule has 1 aliphatic heterocycles. The maximum atomic E-state index is 12.1. The van der Waals surface area contributed by atoms with Gasteiger partial charge in [0, 0.05) is 19.0 Å². The summed E-state index contributed by atoms with van der Waals surface area (Å²) in [6, 6.07) is 2.10. The number of carbonyl (C=O) groups is 1. The first-order valence-corrected chi connectivity index (χ1v) is 7.23. The van der Waals surface area contributed by atoms with Crippen LogP contribution in [0.2, 0.25) is 0 Å². The minimum atomic E-state index is -0.363. The maximum Gasteiger partial charge on any atom is 0.178 e. The number of hydrogen-bond donors (Lipinski definition) is 2. The monoisotopic (exact) mass is 277 g/mol. The third kappa shape index (κ3) is 2.09. The third-order valence-corrected chi connectivity index (χ3v) is 4.94. The molecule has 1 atom stereocenters. The molecule has 1 saturated carbocycles. The molecule has 0 amide bonds. The first-order chi connectivity index (χ1) is 9.11. The lowest BCUT2D eigenvalue weighted by Gasteiger charge is -2.15. The Kier molecular flexibility index (Phi) is 2.96. The van der Waals surface area contributed by atoms with E-state index >= 15 is 0 Å². The van der Waals surface area contributed by atoms with Gasteiger partial charge in [0.25, 0.3) is 0 Å². The largest absolute Gasteiger partial charge is 0.396 e. The van der Waals surface area contributed by atoms with Gasteiger partial charge in [-0.2, -0.15) is 5.26 Å². The van der Waals surface area contributed by atoms with Crippen molar-refractivity contribution in [3.8, 4) is 6.07 Å². The Morgan fingerprint density at radius 1 is 1.47 bits per heavy atom. The number of nitriles is 1. The molecule has 19 heavy (non-hydrogen) atoms. The van der Waals surface area contributed by atoms with E-state index in [1.807, 2.05) is 4.90 Å². The second kappa shape index (κ2) is 4.51. The van der Waals surface area contributed by atoms with Crippen LogP contribution in [0.4, 0.5) is 10.7 Å². The van der Waals surface area contributed by atoms with Gasteiger partial charge in [-0.3, -0.25) is 4.79 Å². The Bertz CT molecular complexity index is 571. The number of carbonyl (C=O) groups excluding carboxylic acids is 1. The molecule has 0 aromatic carbocycles. The van der Waals surface area contributed by atoms with Crippen LogP contribution in [0.1, 0.15) is 34.5 Å². The average Bonchev–Trinajstić information content (AvgIpc) is 3.07. The van der Waals surface area contributed by atoms with Gasteiger partial charge >= 0.3 is 0 Å². The fourth-order valence-electron chi connectivity index (χ4n) is 2.40. The summed E-state index contributed by atoms with van der Waals surface area (Å²) < 4.78 is 0. The van der Waals surface area contributed by atoms with E-state index in [0.29, 0.717) is 35.6 Å². The van der Waals surface area contributed by atoms with Gasteiger partial charge in [0.15, 0.2) is 5.78 Å². The second-order valence-electron chi connectivity index (χ2n) is 5.16. The Labute approximate surface area is 115 Å². The van der Waals surface area contributed by atoms with Crippen LogP contribution in [0.3, 0.4) is 0 Å². The highest BCUT2D eigenvalue weighted by molar-refractivity contribution is 7.19. The molecule has 100 valence electrons. The number of β-amino-alcohol motifs (C(OH)–C–C–N with tert-alkyl or cyclic N) is 1. The molecule has 6 heteroatoms. The zero-order valence-corrected chi connectivity index (χ0v) is 11.2. The molecule has 5 nitrogen and oxygen atoms in total. The maximum absolute atomic E-state index is 12.1. The summed E-state index contributed by atoms with van der Waals surface area (Å²) in [5.41, 5.74) is 6.67. The van der Waals surface area contributed by atoms with E-state index in [-0.39, 0.29) is 17.8 Å². The molecule has 1 saturated heterocycles. The van der Waals surface area contributed by atoms with E-state index in [1.54, 1.807) is 0 Å². The number of nitrogen functional groups attached to an aromatic ring is 1. The number of ketones is 1. The van der Waals surface area contributed by atoms with Crippen LogP contribution in [-0.4, -0.2) is 30.1 Å². The number of thiophene rings is 1. The van der Waals surface area contributed by atoms with Gasteiger partial charge in [-0.25, -0.2) is 0 Å². The smallest absolute Gasteiger partial charge is 0.178 e. The van der Waals surface area contributed by atoms with Gasteiger partial charge in [-0.05, 0) is 19.3 Å².